The largest absolute Gasteiger partial charge is 0.394 e. The first-order valence-electron chi connectivity index (χ1n) is 8.22. The zero-order chi connectivity index (χ0) is 17.5. The standard InChI is InChI=1S/C15H25N3O6/c1-2-3-4-5-7-16-24-13-12(21)10(9-19)23-14(13)18-8-6-11(20)17-15(18)22/h6,8,10,12-14,16,19,21H,2-5,7,9H2,1H3,(H,17,20,22)/t10-,12-,13-,14-/m1/s1. The number of hydrogen-bond donors (Lipinski definition) is 4. The summed E-state index contributed by atoms with van der Waals surface area (Å²) in [5.41, 5.74) is 1.58. The van der Waals surface area contributed by atoms with Crippen molar-refractivity contribution < 1.29 is 19.8 Å². The van der Waals surface area contributed by atoms with Crippen molar-refractivity contribution in [3.05, 3.63) is 33.1 Å². The Bertz CT molecular complexity index is 616. The van der Waals surface area contributed by atoms with Crippen LogP contribution in [0.3, 0.4) is 0 Å². The lowest BCUT2D eigenvalue weighted by molar-refractivity contribution is -0.111. The van der Waals surface area contributed by atoms with Crippen LogP contribution >= 0.6 is 0 Å². The van der Waals surface area contributed by atoms with Crippen molar-refractivity contribution in [1.82, 2.24) is 15.0 Å². The van der Waals surface area contributed by atoms with Gasteiger partial charge in [0.2, 0.25) is 0 Å². The van der Waals surface area contributed by atoms with E-state index in [4.69, 9.17) is 9.57 Å². The lowest BCUT2D eigenvalue weighted by Gasteiger charge is -2.22. The molecule has 0 amide bonds. The number of nitrogens with one attached hydrogen (secondary N) is 2. The second-order valence-corrected chi connectivity index (χ2v) is 5.79. The predicted molar refractivity (Wildman–Crippen MR) is 85.3 cm³/mol. The van der Waals surface area contributed by atoms with Crippen molar-refractivity contribution in [2.24, 2.45) is 0 Å². The van der Waals surface area contributed by atoms with Gasteiger partial charge in [-0.05, 0) is 6.42 Å². The Morgan fingerprint density at radius 1 is 1.38 bits per heavy atom. The van der Waals surface area contributed by atoms with Gasteiger partial charge >= 0.3 is 5.69 Å². The second-order valence-electron chi connectivity index (χ2n) is 5.79. The van der Waals surface area contributed by atoms with E-state index in [1.54, 1.807) is 0 Å². The molecule has 24 heavy (non-hydrogen) atoms. The summed E-state index contributed by atoms with van der Waals surface area (Å²) in [5.74, 6) is 0. The predicted octanol–water partition coefficient (Wildman–Crippen LogP) is -0.743. The fourth-order valence-electron chi connectivity index (χ4n) is 2.63. The van der Waals surface area contributed by atoms with Gasteiger partial charge in [0.25, 0.3) is 5.56 Å². The molecule has 0 radical (unpaired) electrons. The van der Waals surface area contributed by atoms with E-state index in [0.717, 1.165) is 30.3 Å². The Morgan fingerprint density at radius 2 is 2.17 bits per heavy atom. The number of hydrogen-bond acceptors (Lipinski definition) is 7. The van der Waals surface area contributed by atoms with Crippen LogP contribution < -0.4 is 16.7 Å². The summed E-state index contributed by atoms with van der Waals surface area (Å²) in [4.78, 5) is 30.7. The van der Waals surface area contributed by atoms with E-state index in [0.29, 0.717) is 6.54 Å². The van der Waals surface area contributed by atoms with Gasteiger partial charge in [-0.1, -0.05) is 26.2 Å². The highest BCUT2D eigenvalue weighted by Gasteiger charge is 2.46. The van der Waals surface area contributed by atoms with Gasteiger partial charge in [0.1, 0.15) is 12.2 Å². The zero-order valence-electron chi connectivity index (χ0n) is 13.7. The maximum Gasteiger partial charge on any atom is 0.330 e. The minimum atomic E-state index is -1.11. The molecule has 2 heterocycles. The van der Waals surface area contributed by atoms with Crippen molar-refractivity contribution in [2.75, 3.05) is 13.2 Å². The van der Waals surface area contributed by atoms with Gasteiger partial charge in [-0.3, -0.25) is 19.2 Å². The number of ether oxygens (including phenoxy) is 1. The van der Waals surface area contributed by atoms with E-state index in [2.05, 4.69) is 17.4 Å². The molecule has 136 valence electrons. The lowest BCUT2D eigenvalue weighted by atomic mass is 10.1. The summed E-state index contributed by atoms with van der Waals surface area (Å²) in [5, 5.41) is 19.5. The fourth-order valence-corrected chi connectivity index (χ4v) is 2.63. The van der Waals surface area contributed by atoms with E-state index < -0.39 is 42.4 Å². The Morgan fingerprint density at radius 3 is 2.83 bits per heavy atom. The highest BCUT2D eigenvalue weighted by molar-refractivity contribution is 4.93. The minimum Gasteiger partial charge on any atom is -0.394 e. The number of aromatic amines is 1. The summed E-state index contributed by atoms with van der Waals surface area (Å²) in [6.07, 6.45) is 1.70. The number of nitrogens with zero attached hydrogens (tertiary/aromatic N) is 1. The monoisotopic (exact) mass is 343 g/mol. The van der Waals surface area contributed by atoms with Crippen LogP contribution in [0.4, 0.5) is 0 Å². The summed E-state index contributed by atoms with van der Waals surface area (Å²) in [7, 11) is 0. The third-order valence-corrected chi connectivity index (χ3v) is 3.97. The van der Waals surface area contributed by atoms with Gasteiger partial charge in [0.15, 0.2) is 12.3 Å². The normalized spacial score (nSPS) is 26.8. The van der Waals surface area contributed by atoms with Crippen LogP contribution in [-0.2, 0) is 9.57 Å². The van der Waals surface area contributed by atoms with Crippen molar-refractivity contribution in [3.8, 4) is 0 Å². The number of unbranched alkanes of at least 4 members (excludes halogenated alkanes) is 3. The summed E-state index contributed by atoms with van der Waals surface area (Å²) < 4.78 is 6.64. The van der Waals surface area contributed by atoms with Crippen LogP contribution in [0, 0.1) is 0 Å². The van der Waals surface area contributed by atoms with Gasteiger partial charge in [-0.25, -0.2) is 10.3 Å². The first-order chi connectivity index (χ1) is 11.6. The Kier molecular flexibility index (Phi) is 7.13. The Hall–Kier alpha value is -1.52. The second kappa shape index (κ2) is 9.09. The molecule has 9 heteroatoms. The molecule has 0 saturated carbocycles. The first-order valence-corrected chi connectivity index (χ1v) is 8.22. The molecule has 4 N–H and O–H groups in total. The average molecular weight is 343 g/mol. The molecule has 1 fully saturated rings. The number of aliphatic hydroxyl groups is 2. The minimum absolute atomic E-state index is 0.411. The van der Waals surface area contributed by atoms with Gasteiger partial charge in [0.05, 0.1) is 6.61 Å². The first kappa shape index (κ1) is 18.8. The van der Waals surface area contributed by atoms with Gasteiger partial charge in [-0.15, -0.1) is 0 Å². The van der Waals surface area contributed by atoms with E-state index >= 15 is 0 Å². The van der Waals surface area contributed by atoms with Crippen LogP contribution in [-0.4, -0.2) is 51.2 Å². The van der Waals surface area contributed by atoms with Crippen LogP contribution in [0.2, 0.25) is 0 Å². The van der Waals surface area contributed by atoms with Crippen LogP contribution in [0.5, 0.6) is 0 Å². The number of H-pyrrole nitrogens is 1. The molecule has 1 aliphatic rings. The zero-order valence-corrected chi connectivity index (χ0v) is 13.7. The summed E-state index contributed by atoms with van der Waals surface area (Å²) in [6, 6.07) is 1.18. The quantitative estimate of drug-likeness (QED) is 0.343. The number of rotatable bonds is 9. The molecule has 0 bridgehead atoms. The van der Waals surface area contributed by atoms with E-state index in [1.165, 1.54) is 12.3 Å². The number of aromatic nitrogens is 2. The van der Waals surface area contributed by atoms with E-state index in [-0.39, 0.29) is 0 Å². The number of hydroxylamine groups is 1. The molecular weight excluding hydrogens is 318 g/mol. The average Bonchev–Trinajstić information content (AvgIpc) is 2.87. The summed E-state index contributed by atoms with van der Waals surface area (Å²) >= 11 is 0. The maximum absolute atomic E-state index is 11.9. The Labute approximate surface area is 139 Å². The van der Waals surface area contributed by atoms with Crippen LogP contribution in [0.15, 0.2) is 21.9 Å². The third kappa shape index (κ3) is 4.52. The molecule has 0 aromatic carbocycles. The molecule has 9 nitrogen and oxygen atoms in total. The van der Waals surface area contributed by atoms with Gasteiger partial charge < -0.3 is 14.9 Å². The molecular formula is C15H25N3O6. The molecule has 0 spiro atoms. The number of aliphatic hydroxyl groups excluding tert-OH is 2. The molecule has 1 aromatic rings. The third-order valence-electron chi connectivity index (χ3n) is 3.97. The molecule has 0 unspecified atom stereocenters. The van der Waals surface area contributed by atoms with Crippen LogP contribution in [0.25, 0.3) is 0 Å². The molecule has 4 atom stereocenters. The van der Waals surface area contributed by atoms with Gasteiger partial charge in [0, 0.05) is 18.8 Å². The van der Waals surface area contributed by atoms with Crippen molar-refractivity contribution in [2.45, 2.75) is 57.1 Å². The lowest BCUT2D eigenvalue weighted by Crippen LogP contribution is -2.42. The van der Waals surface area contributed by atoms with Crippen molar-refractivity contribution in [3.63, 3.8) is 0 Å². The molecule has 2 rings (SSSR count). The molecule has 1 aromatic heterocycles. The molecule has 1 aliphatic heterocycles. The van der Waals surface area contributed by atoms with Crippen LogP contribution in [0.1, 0.15) is 38.8 Å². The fraction of sp³-hybridized carbons (Fsp3) is 0.733. The van der Waals surface area contributed by atoms with Gasteiger partial charge in [-0.2, -0.15) is 0 Å². The smallest absolute Gasteiger partial charge is 0.330 e. The van der Waals surface area contributed by atoms with E-state index in [9.17, 15) is 19.8 Å². The highest BCUT2D eigenvalue weighted by Crippen LogP contribution is 2.29. The van der Waals surface area contributed by atoms with E-state index in [1.807, 2.05) is 0 Å². The SMILES string of the molecule is CCCCCCNO[C@@H]1[C@H](O)[C@@H](CO)O[C@H]1n1ccc(=O)[nH]c1=O. The summed E-state index contributed by atoms with van der Waals surface area (Å²) in [6.45, 7) is 2.31. The topological polar surface area (TPSA) is 126 Å². The Balaban J connectivity index is 2.04. The molecule has 0 aliphatic carbocycles. The van der Waals surface area contributed by atoms with Crippen molar-refractivity contribution >= 4 is 0 Å². The maximum atomic E-state index is 11.9. The molecule has 1 saturated heterocycles. The van der Waals surface area contributed by atoms with Crippen molar-refractivity contribution in [1.29, 1.82) is 0 Å². The highest BCUT2D eigenvalue weighted by atomic mass is 16.7.